The fourth-order valence-corrected chi connectivity index (χ4v) is 3.28. The fourth-order valence-electron chi connectivity index (χ4n) is 3.00. The third-order valence-corrected chi connectivity index (χ3v) is 4.99. The number of esters is 1. The summed E-state index contributed by atoms with van der Waals surface area (Å²) < 4.78 is 5.58. The van der Waals surface area contributed by atoms with Gasteiger partial charge in [-0.05, 0) is 69.6 Å². The molecule has 0 aliphatic rings. The number of nitrogens with two attached hydrogens (primary N) is 1. The van der Waals surface area contributed by atoms with E-state index in [0.717, 1.165) is 24.0 Å². The van der Waals surface area contributed by atoms with Gasteiger partial charge >= 0.3 is 5.97 Å². The highest BCUT2D eigenvalue weighted by Gasteiger charge is 2.38. The normalized spacial score (nSPS) is 16.1. The van der Waals surface area contributed by atoms with E-state index in [-0.39, 0.29) is 11.4 Å². The molecule has 0 saturated carbocycles. The maximum atomic E-state index is 12.6. The van der Waals surface area contributed by atoms with E-state index in [1.54, 1.807) is 0 Å². The number of ether oxygens (including phenoxy) is 1. The molecule has 0 radical (unpaired) electrons. The lowest BCUT2D eigenvalue weighted by atomic mass is 9.78. The van der Waals surface area contributed by atoms with Crippen LogP contribution in [0.2, 0.25) is 5.02 Å². The number of carbonyl (C=O) groups is 1. The van der Waals surface area contributed by atoms with Crippen molar-refractivity contribution in [1.82, 2.24) is 0 Å². The lowest BCUT2D eigenvalue weighted by molar-refractivity contribution is -0.162. The van der Waals surface area contributed by atoms with Crippen molar-refractivity contribution >= 4 is 17.6 Å². The second-order valence-electron chi connectivity index (χ2n) is 9.64. The van der Waals surface area contributed by atoms with Crippen LogP contribution >= 0.6 is 11.6 Å². The standard InChI is InChI=1S/C22H36ClNO2/c1-9-17(19(25)26-21(5,6)7)22(8,24)16-11-10-15(18(23)14-16)12-13-20(2,3)4/h10-11,14,17H,9,12-13,24H2,1-8H3/t17?,22-/m0/s1. The quantitative estimate of drug-likeness (QED) is 0.627. The van der Waals surface area contributed by atoms with E-state index in [2.05, 4.69) is 20.8 Å². The van der Waals surface area contributed by atoms with Crippen molar-refractivity contribution in [2.45, 2.75) is 85.8 Å². The SMILES string of the molecule is CCC(C(=O)OC(C)(C)C)[C@@](C)(N)c1ccc(CCC(C)(C)C)c(Cl)c1. The molecule has 2 N–H and O–H groups in total. The van der Waals surface area contributed by atoms with Gasteiger partial charge in [0.25, 0.3) is 0 Å². The number of aryl methyl sites for hydroxylation is 1. The molecule has 0 amide bonds. The largest absolute Gasteiger partial charge is 0.460 e. The summed E-state index contributed by atoms with van der Waals surface area (Å²) in [4.78, 5) is 12.6. The summed E-state index contributed by atoms with van der Waals surface area (Å²) in [7, 11) is 0. The maximum absolute atomic E-state index is 12.6. The van der Waals surface area contributed by atoms with Gasteiger partial charge in [-0.3, -0.25) is 4.79 Å². The van der Waals surface area contributed by atoms with E-state index in [4.69, 9.17) is 22.1 Å². The number of carbonyl (C=O) groups excluding carboxylic acids is 1. The molecule has 148 valence electrons. The molecule has 0 bridgehead atoms. The first-order valence-corrected chi connectivity index (χ1v) is 9.86. The minimum Gasteiger partial charge on any atom is -0.460 e. The molecule has 3 nitrogen and oxygen atoms in total. The Bertz CT molecular complexity index is 624. The van der Waals surface area contributed by atoms with Crippen LogP contribution in [0.3, 0.4) is 0 Å². The Kier molecular flexibility index (Phi) is 7.34. The third-order valence-electron chi connectivity index (χ3n) is 4.64. The molecule has 4 heteroatoms. The van der Waals surface area contributed by atoms with Gasteiger partial charge in [0.05, 0.1) is 11.5 Å². The smallest absolute Gasteiger partial charge is 0.311 e. The number of benzene rings is 1. The van der Waals surface area contributed by atoms with Gasteiger partial charge in [-0.1, -0.05) is 51.4 Å². The van der Waals surface area contributed by atoms with Crippen LogP contribution in [0, 0.1) is 11.3 Å². The van der Waals surface area contributed by atoms with Crippen molar-refractivity contribution in [2.75, 3.05) is 0 Å². The zero-order chi connectivity index (χ0) is 20.3. The average Bonchev–Trinajstić information content (AvgIpc) is 2.43. The highest BCUT2D eigenvalue weighted by molar-refractivity contribution is 6.31. The van der Waals surface area contributed by atoms with Crippen LogP contribution in [0.4, 0.5) is 0 Å². The van der Waals surface area contributed by atoms with Gasteiger partial charge in [-0.15, -0.1) is 0 Å². The summed E-state index contributed by atoms with van der Waals surface area (Å²) in [6.45, 7) is 16.1. The Morgan fingerprint density at radius 1 is 1.15 bits per heavy atom. The van der Waals surface area contributed by atoms with Crippen molar-refractivity contribution in [3.8, 4) is 0 Å². The summed E-state index contributed by atoms with van der Waals surface area (Å²) in [5.74, 6) is -0.698. The van der Waals surface area contributed by atoms with E-state index in [0.29, 0.717) is 11.4 Å². The molecule has 1 rings (SSSR count). The third kappa shape index (κ3) is 6.59. The van der Waals surface area contributed by atoms with Crippen LogP contribution in [0.5, 0.6) is 0 Å². The molecule has 0 aliphatic carbocycles. The van der Waals surface area contributed by atoms with Crippen LogP contribution < -0.4 is 5.73 Å². The highest BCUT2D eigenvalue weighted by Crippen LogP contribution is 2.34. The number of hydrogen-bond acceptors (Lipinski definition) is 3. The van der Waals surface area contributed by atoms with E-state index < -0.39 is 17.1 Å². The van der Waals surface area contributed by atoms with E-state index in [1.807, 2.05) is 52.8 Å². The minimum atomic E-state index is -0.844. The molecule has 1 aromatic carbocycles. The molecular formula is C22H36ClNO2. The van der Waals surface area contributed by atoms with Gasteiger partial charge < -0.3 is 10.5 Å². The molecule has 26 heavy (non-hydrogen) atoms. The van der Waals surface area contributed by atoms with Gasteiger partial charge in [0, 0.05) is 5.02 Å². The Balaban J connectivity index is 3.07. The first-order valence-electron chi connectivity index (χ1n) is 9.48. The van der Waals surface area contributed by atoms with Crippen molar-refractivity contribution in [2.24, 2.45) is 17.1 Å². The van der Waals surface area contributed by atoms with Gasteiger partial charge in [0.2, 0.25) is 0 Å². The Morgan fingerprint density at radius 3 is 2.15 bits per heavy atom. The second kappa shape index (κ2) is 8.31. The Hall–Kier alpha value is -1.06. The van der Waals surface area contributed by atoms with Crippen LogP contribution in [0.1, 0.15) is 79.4 Å². The van der Waals surface area contributed by atoms with Crippen LogP contribution in [-0.2, 0) is 21.5 Å². The van der Waals surface area contributed by atoms with E-state index in [1.165, 1.54) is 0 Å². The van der Waals surface area contributed by atoms with Gasteiger partial charge in [0.15, 0.2) is 0 Å². The second-order valence-corrected chi connectivity index (χ2v) is 10.1. The first-order chi connectivity index (χ1) is 11.7. The van der Waals surface area contributed by atoms with E-state index in [9.17, 15) is 4.79 Å². The minimum absolute atomic E-state index is 0.258. The molecule has 0 aromatic heterocycles. The highest BCUT2D eigenvalue weighted by atomic mass is 35.5. The summed E-state index contributed by atoms with van der Waals surface area (Å²) in [5.41, 5.74) is 7.47. The number of hydrogen-bond donors (Lipinski definition) is 1. The zero-order valence-corrected chi connectivity index (χ0v) is 18.5. The summed E-state index contributed by atoms with van der Waals surface area (Å²) in [6, 6.07) is 5.94. The summed E-state index contributed by atoms with van der Waals surface area (Å²) in [5, 5.41) is 0.711. The average molecular weight is 382 g/mol. The monoisotopic (exact) mass is 381 g/mol. The lowest BCUT2D eigenvalue weighted by Gasteiger charge is -2.35. The van der Waals surface area contributed by atoms with Crippen LogP contribution in [-0.4, -0.2) is 11.6 Å². The predicted molar refractivity (Wildman–Crippen MR) is 110 cm³/mol. The molecule has 1 unspecified atom stereocenters. The van der Waals surface area contributed by atoms with Gasteiger partial charge in [-0.2, -0.15) is 0 Å². The molecule has 0 aliphatic heterocycles. The zero-order valence-electron chi connectivity index (χ0n) is 17.7. The van der Waals surface area contributed by atoms with Crippen molar-refractivity contribution < 1.29 is 9.53 Å². The maximum Gasteiger partial charge on any atom is 0.311 e. The Morgan fingerprint density at radius 2 is 1.73 bits per heavy atom. The molecule has 0 spiro atoms. The van der Waals surface area contributed by atoms with E-state index >= 15 is 0 Å². The van der Waals surface area contributed by atoms with Crippen LogP contribution in [0.15, 0.2) is 18.2 Å². The van der Waals surface area contributed by atoms with Crippen molar-refractivity contribution in [1.29, 1.82) is 0 Å². The lowest BCUT2D eigenvalue weighted by Crippen LogP contribution is -2.46. The number of rotatable bonds is 6. The molecule has 0 heterocycles. The number of halogens is 1. The van der Waals surface area contributed by atoms with Crippen molar-refractivity contribution in [3.05, 3.63) is 34.3 Å². The summed E-state index contributed by atoms with van der Waals surface area (Å²) >= 11 is 6.53. The fraction of sp³-hybridized carbons (Fsp3) is 0.682. The molecular weight excluding hydrogens is 346 g/mol. The van der Waals surface area contributed by atoms with Gasteiger partial charge in [0.1, 0.15) is 5.60 Å². The molecule has 0 fully saturated rings. The summed E-state index contributed by atoms with van der Waals surface area (Å²) in [6.07, 6.45) is 2.58. The Labute approximate surface area is 164 Å². The molecule has 0 saturated heterocycles. The predicted octanol–water partition coefficient (Wildman–Crippen LogP) is 5.86. The molecule has 1 aromatic rings. The molecule has 2 atom stereocenters. The van der Waals surface area contributed by atoms with Crippen LogP contribution in [0.25, 0.3) is 0 Å². The van der Waals surface area contributed by atoms with Crippen molar-refractivity contribution in [3.63, 3.8) is 0 Å². The first kappa shape index (κ1) is 23.0. The topological polar surface area (TPSA) is 52.3 Å². The van der Waals surface area contributed by atoms with Gasteiger partial charge in [-0.25, -0.2) is 0 Å².